The quantitative estimate of drug-likeness (QED) is 0.212. The summed E-state index contributed by atoms with van der Waals surface area (Å²) in [7, 11) is 1.67. The second kappa shape index (κ2) is 11.7. The van der Waals surface area contributed by atoms with Crippen LogP contribution in [0.2, 0.25) is 0 Å². The monoisotopic (exact) mass is 566 g/mol. The number of nitrogens with one attached hydrogen (secondary N) is 2. The van der Waals surface area contributed by atoms with Gasteiger partial charge < -0.3 is 15.0 Å². The molecule has 214 valence electrons. The molecular weight excluding hydrogens is 532 g/mol. The van der Waals surface area contributed by atoms with E-state index < -0.39 is 0 Å². The lowest BCUT2D eigenvalue weighted by molar-refractivity contribution is 0.0951. The predicted octanol–water partition coefficient (Wildman–Crippen LogP) is 6.84. The third-order valence-electron chi connectivity index (χ3n) is 8.58. The van der Waals surface area contributed by atoms with Gasteiger partial charge in [-0.05, 0) is 41.0 Å². The Hall–Kier alpha value is -4.94. The van der Waals surface area contributed by atoms with Gasteiger partial charge in [0.2, 0.25) is 0 Å². The molecule has 4 aromatic carbocycles. The molecule has 6 heteroatoms. The van der Waals surface area contributed by atoms with E-state index in [0.717, 1.165) is 75.0 Å². The normalized spacial score (nSPS) is 14.0. The molecule has 1 aliphatic heterocycles. The van der Waals surface area contributed by atoms with Crippen LogP contribution in [0.25, 0.3) is 21.8 Å². The molecule has 0 spiro atoms. The third-order valence-corrected chi connectivity index (χ3v) is 8.58. The smallest absolute Gasteiger partial charge is 0.252 e. The van der Waals surface area contributed by atoms with Crippen molar-refractivity contribution in [2.45, 2.75) is 25.4 Å². The first-order valence-electron chi connectivity index (χ1n) is 14.8. The summed E-state index contributed by atoms with van der Waals surface area (Å²) in [5, 5.41) is 5.41. The van der Waals surface area contributed by atoms with Crippen LogP contribution in [0, 0.1) is 0 Å². The lowest BCUT2D eigenvalue weighted by atomic mass is 9.90. The number of rotatable bonds is 8. The number of carbonyl (C=O) groups is 1. The Morgan fingerprint density at radius 3 is 2.49 bits per heavy atom. The number of aromatic amines is 1. The molecule has 2 N–H and O–H groups in total. The van der Waals surface area contributed by atoms with Gasteiger partial charge in [0.05, 0.1) is 18.2 Å². The van der Waals surface area contributed by atoms with Crippen molar-refractivity contribution < 1.29 is 9.53 Å². The van der Waals surface area contributed by atoms with Crippen LogP contribution in [0.1, 0.15) is 44.2 Å². The molecule has 3 heterocycles. The summed E-state index contributed by atoms with van der Waals surface area (Å²) in [5.41, 5.74) is 8.28. The van der Waals surface area contributed by atoms with Gasteiger partial charge in [-0.1, -0.05) is 78.9 Å². The van der Waals surface area contributed by atoms with Crippen molar-refractivity contribution in [2.75, 3.05) is 20.2 Å². The second-order valence-corrected chi connectivity index (χ2v) is 11.2. The molecule has 0 bridgehead atoms. The minimum Gasteiger partial charge on any atom is -0.497 e. The fourth-order valence-electron chi connectivity index (χ4n) is 6.39. The van der Waals surface area contributed by atoms with Gasteiger partial charge in [0.1, 0.15) is 5.75 Å². The van der Waals surface area contributed by atoms with Crippen LogP contribution in [-0.4, -0.2) is 41.0 Å². The highest BCUT2D eigenvalue weighted by Crippen LogP contribution is 2.33. The van der Waals surface area contributed by atoms with E-state index in [1.165, 1.54) is 5.56 Å². The highest BCUT2D eigenvalue weighted by atomic mass is 16.5. The van der Waals surface area contributed by atoms with Crippen molar-refractivity contribution in [3.63, 3.8) is 0 Å². The van der Waals surface area contributed by atoms with Crippen LogP contribution >= 0.6 is 0 Å². The number of benzene rings is 4. The number of aromatic nitrogens is 2. The van der Waals surface area contributed by atoms with E-state index in [-0.39, 0.29) is 11.8 Å². The molecule has 0 fully saturated rings. The van der Waals surface area contributed by atoms with Crippen LogP contribution in [0.15, 0.2) is 109 Å². The van der Waals surface area contributed by atoms with E-state index in [1.54, 1.807) is 7.11 Å². The van der Waals surface area contributed by atoms with Crippen LogP contribution in [0.5, 0.6) is 5.75 Å². The Kier molecular flexibility index (Phi) is 7.35. The van der Waals surface area contributed by atoms with Gasteiger partial charge in [0.25, 0.3) is 5.91 Å². The topological polar surface area (TPSA) is 70.2 Å². The Morgan fingerprint density at radius 1 is 0.930 bits per heavy atom. The number of para-hydroxylation sites is 2. The number of fused-ring (bicyclic) bond motifs is 3. The zero-order valence-corrected chi connectivity index (χ0v) is 24.2. The number of methoxy groups -OCH3 is 1. The minimum atomic E-state index is -0.0604. The molecule has 0 radical (unpaired) electrons. The molecular formula is C37H34N4O2. The van der Waals surface area contributed by atoms with Crippen molar-refractivity contribution >= 4 is 27.7 Å². The summed E-state index contributed by atoms with van der Waals surface area (Å²) in [5.74, 6) is 0.694. The molecule has 6 aromatic rings. The Morgan fingerprint density at radius 2 is 1.67 bits per heavy atom. The van der Waals surface area contributed by atoms with Gasteiger partial charge in [-0.3, -0.25) is 14.7 Å². The average molecular weight is 567 g/mol. The number of hydrogen-bond acceptors (Lipinski definition) is 4. The maximum absolute atomic E-state index is 14.3. The van der Waals surface area contributed by atoms with E-state index >= 15 is 0 Å². The first-order valence-corrected chi connectivity index (χ1v) is 14.8. The lowest BCUT2D eigenvalue weighted by Gasteiger charge is -2.30. The highest BCUT2D eigenvalue weighted by molar-refractivity contribution is 6.07. The fraction of sp³-hybridized carbons (Fsp3) is 0.189. The zero-order chi connectivity index (χ0) is 29.2. The summed E-state index contributed by atoms with van der Waals surface area (Å²) in [6.45, 7) is 2.89. The SMILES string of the molecule is COc1ccc([C@@H](CNC(=O)c2c3c(nc4ccccc24)CCN(Cc2ccccc2)C3)c2c[nH]c3ccccc23)cc1. The van der Waals surface area contributed by atoms with Crippen LogP contribution in [-0.2, 0) is 19.5 Å². The van der Waals surface area contributed by atoms with Gasteiger partial charge in [0.15, 0.2) is 0 Å². The number of ether oxygens (including phenoxy) is 1. The van der Waals surface area contributed by atoms with E-state index in [4.69, 9.17) is 9.72 Å². The van der Waals surface area contributed by atoms with Crippen molar-refractivity contribution in [3.05, 3.63) is 143 Å². The van der Waals surface area contributed by atoms with E-state index in [2.05, 4.69) is 76.0 Å². The summed E-state index contributed by atoms with van der Waals surface area (Å²) in [6.07, 6.45) is 2.88. The number of hydrogen-bond donors (Lipinski definition) is 2. The number of carbonyl (C=O) groups excluding carboxylic acids is 1. The highest BCUT2D eigenvalue weighted by Gasteiger charge is 2.27. The Labute approximate surface area is 251 Å². The maximum Gasteiger partial charge on any atom is 0.252 e. The van der Waals surface area contributed by atoms with Crippen LogP contribution in [0.4, 0.5) is 0 Å². The van der Waals surface area contributed by atoms with Crippen molar-refractivity contribution in [1.82, 2.24) is 20.2 Å². The zero-order valence-electron chi connectivity index (χ0n) is 24.2. The Balaban J connectivity index is 1.23. The molecule has 1 atom stereocenters. The summed E-state index contributed by atoms with van der Waals surface area (Å²) < 4.78 is 5.42. The minimum absolute atomic E-state index is 0.0514. The van der Waals surface area contributed by atoms with Gasteiger partial charge in [-0.25, -0.2) is 0 Å². The molecule has 1 amide bonds. The largest absolute Gasteiger partial charge is 0.497 e. The van der Waals surface area contributed by atoms with Crippen molar-refractivity contribution in [2.24, 2.45) is 0 Å². The molecule has 0 aliphatic carbocycles. The van der Waals surface area contributed by atoms with Gasteiger partial charge >= 0.3 is 0 Å². The lowest BCUT2D eigenvalue weighted by Crippen LogP contribution is -2.35. The number of H-pyrrole nitrogens is 1. The molecule has 7 rings (SSSR count). The first kappa shape index (κ1) is 26.9. The van der Waals surface area contributed by atoms with Crippen LogP contribution < -0.4 is 10.1 Å². The third kappa shape index (κ3) is 5.38. The summed E-state index contributed by atoms with van der Waals surface area (Å²) in [6, 6.07) is 35.0. The van der Waals surface area contributed by atoms with Crippen molar-refractivity contribution in [1.29, 1.82) is 0 Å². The van der Waals surface area contributed by atoms with Gasteiger partial charge in [-0.2, -0.15) is 0 Å². The molecule has 0 unspecified atom stereocenters. The fourth-order valence-corrected chi connectivity index (χ4v) is 6.39. The predicted molar refractivity (Wildman–Crippen MR) is 171 cm³/mol. The van der Waals surface area contributed by atoms with E-state index in [9.17, 15) is 4.79 Å². The summed E-state index contributed by atoms with van der Waals surface area (Å²) >= 11 is 0. The average Bonchev–Trinajstić information content (AvgIpc) is 3.48. The number of nitrogens with zero attached hydrogens (tertiary/aromatic N) is 2. The van der Waals surface area contributed by atoms with Crippen LogP contribution in [0.3, 0.4) is 0 Å². The Bertz CT molecular complexity index is 1900. The molecule has 43 heavy (non-hydrogen) atoms. The second-order valence-electron chi connectivity index (χ2n) is 11.2. The molecule has 2 aromatic heterocycles. The molecule has 1 aliphatic rings. The molecule has 0 saturated carbocycles. The molecule has 0 saturated heterocycles. The van der Waals surface area contributed by atoms with E-state index in [1.807, 2.05) is 48.5 Å². The van der Waals surface area contributed by atoms with Gasteiger partial charge in [-0.15, -0.1) is 0 Å². The number of amides is 1. The van der Waals surface area contributed by atoms with Gasteiger partial charge in [0, 0.05) is 72.3 Å². The molecule has 6 nitrogen and oxygen atoms in total. The standard InChI is InChI=1S/C37H34N4O2/c1-43-27-17-15-26(16-18-27)30(31-22-38-33-13-7-5-11-28(31)33)21-39-37(42)36-29-12-6-8-14-34(29)40-35-19-20-41(24-32(35)36)23-25-9-3-2-4-10-25/h2-18,22,30,38H,19-21,23-24H2,1H3,(H,39,42)/t30-/m1/s1. The van der Waals surface area contributed by atoms with Crippen molar-refractivity contribution in [3.8, 4) is 5.75 Å². The number of pyridine rings is 1. The maximum atomic E-state index is 14.3. The summed E-state index contributed by atoms with van der Waals surface area (Å²) in [4.78, 5) is 25.1. The first-order chi connectivity index (χ1) is 21.2. The van der Waals surface area contributed by atoms with E-state index in [0.29, 0.717) is 13.1 Å².